The van der Waals surface area contributed by atoms with Crippen molar-refractivity contribution in [3.63, 3.8) is 0 Å². The first-order valence-electron chi connectivity index (χ1n) is 9.55. The fourth-order valence-corrected chi connectivity index (χ4v) is 3.94. The summed E-state index contributed by atoms with van der Waals surface area (Å²) in [5.74, 6) is -1.53. The van der Waals surface area contributed by atoms with Crippen LogP contribution < -0.4 is 10.6 Å². The number of carboxylic acids is 1. The number of hydrogen-bond acceptors (Lipinski definition) is 4. The maximum absolute atomic E-state index is 13.0. The van der Waals surface area contributed by atoms with Crippen LogP contribution in [0.15, 0.2) is 66.0 Å². The molecule has 0 radical (unpaired) electrons. The van der Waals surface area contributed by atoms with Crippen LogP contribution in [-0.2, 0) is 16.1 Å². The van der Waals surface area contributed by atoms with E-state index in [2.05, 4.69) is 10.6 Å². The Hall–Kier alpha value is -3.45. The number of hydrogen-bond donors (Lipinski definition) is 3. The lowest BCUT2D eigenvalue weighted by Gasteiger charge is -2.10. The maximum Gasteiger partial charge on any atom is 0.303 e. The van der Waals surface area contributed by atoms with Crippen LogP contribution in [0.2, 0.25) is 0 Å². The largest absolute Gasteiger partial charge is 0.481 e. The highest BCUT2D eigenvalue weighted by Gasteiger charge is 2.21. The summed E-state index contributed by atoms with van der Waals surface area (Å²) in [6.45, 7) is 0.371. The second kappa shape index (κ2) is 10.4. The molecule has 2 amide bonds. The van der Waals surface area contributed by atoms with Gasteiger partial charge in [0.15, 0.2) is 0 Å². The first-order valence-corrected chi connectivity index (χ1v) is 10.4. The van der Waals surface area contributed by atoms with Crippen molar-refractivity contribution >= 4 is 34.1 Å². The lowest BCUT2D eigenvalue weighted by atomic mass is 10.0. The molecular weight excluding hydrogens is 400 g/mol. The van der Waals surface area contributed by atoms with Crippen LogP contribution >= 0.6 is 11.3 Å². The van der Waals surface area contributed by atoms with E-state index in [1.165, 1.54) is 11.3 Å². The second-order valence-electron chi connectivity index (χ2n) is 6.68. The number of amides is 2. The molecule has 1 heterocycles. The van der Waals surface area contributed by atoms with Gasteiger partial charge in [0.2, 0.25) is 5.91 Å². The molecule has 3 rings (SSSR count). The molecule has 2 aromatic carbocycles. The van der Waals surface area contributed by atoms with Gasteiger partial charge in [-0.2, -0.15) is 0 Å². The van der Waals surface area contributed by atoms with Crippen LogP contribution in [0.1, 0.15) is 35.2 Å². The summed E-state index contributed by atoms with van der Waals surface area (Å²) in [5, 5.41) is 16.7. The van der Waals surface area contributed by atoms with E-state index in [1.807, 2.05) is 66.0 Å². The molecule has 0 bridgehead atoms. The second-order valence-corrected chi connectivity index (χ2v) is 7.56. The first-order chi connectivity index (χ1) is 14.5. The summed E-state index contributed by atoms with van der Waals surface area (Å²) in [6.07, 6.45) is 0.251. The van der Waals surface area contributed by atoms with E-state index in [1.54, 1.807) is 0 Å². The molecule has 3 N–H and O–H groups in total. The molecule has 0 unspecified atom stereocenters. The summed E-state index contributed by atoms with van der Waals surface area (Å²) < 4.78 is 0. The van der Waals surface area contributed by atoms with E-state index in [9.17, 15) is 14.4 Å². The van der Waals surface area contributed by atoms with Crippen LogP contribution in [0.5, 0.6) is 0 Å². The number of carboxylic acid groups (broad SMARTS) is 1. The minimum Gasteiger partial charge on any atom is -0.481 e. The molecule has 0 saturated carbocycles. The zero-order valence-corrected chi connectivity index (χ0v) is 17.1. The fourth-order valence-electron chi connectivity index (χ4n) is 2.96. The average Bonchev–Trinajstić information content (AvgIpc) is 3.16. The Morgan fingerprint density at radius 1 is 0.900 bits per heavy atom. The summed E-state index contributed by atoms with van der Waals surface area (Å²) in [6, 6.07) is 19.1. The number of anilines is 1. The molecule has 0 aliphatic heterocycles. The van der Waals surface area contributed by atoms with Gasteiger partial charge in [-0.1, -0.05) is 60.7 Å². The van der Waals surface area contributed by atoms with E-state index in [4.69, 9.17) is 5.11 Å². The number of rotatable bonds is 9. The van der Waals surface area contributed by atoms with Crippen molar-refractivity contribution in [1.82, 2.24) is 5.32 Å². The monoisotopic (exact) mass is 422 g/mol. The molecule has 0 fully saturated rings. The highest BCUT2D eigenvalue weighted by molar-refractivity contribution is 7.15. The summed E-state index contributed by atoms with van der Waals surface area (Å²) in [4.78, 5) is 36.0. The van der Waals surface area contributed by atoms with Crippen molar-refractivity contribution in [2.24, 2.45) is 0 Å². The minimum atomic E-state index is -0.939. The Morgan fingerprint density at radius 3 is 2.23 bits per heavy atom. The van der Waals surface area contributed by atoms with Gasteiger partial charge in [-0.05, 0) is 17.5 Å². The Bertz CT molecular complexity index is 1020. The molecule has 154 valence electrons. The van der Waals surface area contributed by atoms with Crippen LogP contribution in [0.25, 0.3) is 11.1 Å². The third-order valence-corrected chi connectivity index (χ3v) is 5.34. The highest BCUT2D eigenvalue weighted by atomic mass is 32.1. The van der Waals surface area contributed by atoms with Gasteiger partial charge in [0.1, 0.15) is 5.00 Å². The normalized spacial score (nSPS) is 10.4. The van der Waals surface area contributed by atoms with Gasteiger partial charge >= 0.3 is 5.97 Å². The van der Waals surface area contributed by atoms with E-state index in [-0.39, 0.29) is 31.1 Å². The summed E-state index contributed by atoms with van der Waals surface area (Å²) in [7, 11) is 0. The molecule has 0 spiro atoms. The SMILES string of the molecule is O=C(O)CCCC(=O)Nc1scc(-c2ccccc2)c1C(=O)NCc1ccccc1. The molecule has 7 heteroatoms. The summed E-state index contributed by atoms with van der Waals surface area (Å²) in [5.41, 5.74) is 3.01. The molecule has 1 aromatic heterocycles. The van der Waals surface area contributed by atoms with Crippen molar-refractivity contribution in [3.05, 3.63) is 77.2 Å². The number of aliphatic carboxylic acids is 1. The van der Waals surface area contributed by atoms with Crippen LogP contribution in [0.3, 0.4) is 0 Å². The molecule has 0 atom stereocenters. The van der Waals surface area contributed by atoms with Crippen molar-refractivity contribution in [3.8, 4) is 11.1 Å². The number of nitrogens with one attached hydrogen (secondary N) is 2. The molecular formula is C23H22N2O4S. The number of carbonyl (C=O) groups excluding carboxylic acids is 2. The van der Waals surface area contributed by atoms with Gasteiger partial charge in [0, 0.05) is 30.3 Å². The van der Waals surface area contributed by atoms with Gasteiger partial charge < -0.3 is 15.7 Å². The van der Waals surface area contributed by atoms with Gasteiger partial charge in [-0.15, -0.1) is 11.3 Å². The lowest BCUT2D eigenvalue weighted by Crippen LogP contribution is -2.24. The summed E-state index contributed by atoms with van der Waals surface area (Å²) >= 11 is 1.28. The highest BCUT2D eigenvalue weighted by Crippen LogP contribution is 2.35. The third-order valence-electron chi connectivity index (χ3n) is 4.45. The predicted molar refractivity (Wildman–Crippen MR) is 117 cm³/mol. The van der Waals surface area contributed by atoms with Gasteiger partial charge in [-0.3, -0.25) is 14.4 Å². The predicted octanol–water partition coefficient (Wildman–Crippen LogP) is 4.54. The van der Waals surface area contributed by atoms with Crippen molar-refractivity contribution in [2.45, 2.75) is 25.8 Å². The first kappa shape index (κ1) is 21.3. The molecule has 6 nitrogen and oxygen atoms in total. The zero-order chi connectivity index (χ0) is 21.3. The van der Waals surface area contributed by atoms with E-state index < -0.39 is 5.97 Å². The Balaban J connectivity index is 1.80. The molecule has 30 heavy (non-hydrogen) atoms. The topological polar surface area (TPSA) is 95.5 Å². The number of thiophene rings is 1. The number of carbonyl (C=O) groups is 3. The molecule has 0 saturated heterocycles. The van der Waals surface area contributed by atoms with Gasteiger partial charge in [0.05, 0.1) is 5.56 Å². The minimum absolute atomic E-state index is 0.0719. The maximum atomic E-state index is 13.0. The van der Waals surface area contributed by atoms with Crippen molar-refractivity contribution in [2.75, 3.05) is 5.32 Å². The molecule has 0 aliphatic rings. The van der Waals surface area contributed by atoms with Crippen LogP contribution in [0, 0.1) is 0 Å². The lowest BCUT2D eigenvalue weighted by molar-refractivity contribution is -0.137. The van der Waals surface area contributed by atoms with Crippen molar-refractivity contribution < 1.29 is 19.5 Å². The smallest absolute Gasteiger partial charge is 0.303 e. The average molecular weight is 423 g/mol. The standard InChI is InChI=1S/C23H22N2O4S/c26-19(12-7-13-20(27)28)25-23-21(18(15-30-23)17-10-5-2-6-11-17)22(29)24-14-16-8-3-1-4-9-16/h1-6,8-11,15H,7,12-14H2,(H,24,29)(H,25,26)(H,27,28). The third kappa shape index (κ3) is 5.78. The molecule has 3 aromatic rings. The van der Waals surface area contributed by atoms with Crippen molar-refractivity contribution in [1.29, 1.82) is 0 Å². The Labute approximate surface area is 178 Å². The van der Waals surface area contributed by atoms with Crippen LogP contribution in [-0.4, -0.2) is 22.9 Å². The molecule has 0 aliphatic carbocycles. The van der Waals surface area contributed by atoms with Gasteiger partial charge in [0.25, 0.3) is 5.91 Å². The fraction of sp³-hybridized carbons (Fsp3) is 0.174. The quantitative estimate of drug-likeness (QED) is 0.472. The zero-order valence-electron chi connectivity index (χ0n) is 16.3. The van der Waals surface area contributed by atoms with E-state index in [0.717, 1.165) is 16.7 Å². The Morgan fingerprint density at radius 2 is 1.57 bits per heavy atom. The number of benzene rings is 2. The van der Waals surface area contributed by atoms with E-state index in [0.29, 0.717) is 17.1 Å². The van der Waals surface area contributed by atoms with Gasteiger partial charge in [-0.25, -0.2) is 0 Å². The Kier molecular flexibility index (Phi) is 7.34. The van der Waals surface area contributed by atoms with Crippen LogP contribution in [0.4, 0.5) is 5.00 Å². The van der Waals surface area contributed by atoms with E-state index >= 15 is 0 Å².